The summed E-state index contributed by atoms with van der Waals surface area (Å²) in [7, 11) is 0. The van der Waals surface area contributed by atoms with Crippen molar-refractivity contribution in [1.82, 2.24) is 0 Å². The molecule has 0 saturated carbocycles. The van der Waals surface area contributed by atoms with E-state index in [0.29, 0.717) is 15.7 Å². The first kappa shape index (κ1) is 13.1. The van der Waals surface area contributed by atoms with Crippen LogP contribution in [0.4, 0.5) is 10.1 Å². The average molecular weight is 329 g/mol. The van der Waals surface area contributed by atoms with Crippen LogP contribution in [0.2, 0.25) is 5.02 Å². The second kappa shape index (κ2) is 5.08. The summed E-state index contributed by atoms with van der Waals surface area (Å²) in [4.78, 5) is 12.1. The molecular formula is C13H8BrClFNO. The highest BCUT2D eigenvalue weighted by Gasteiger charge is 2.12. The molecule has 0 amide bonds. The van der Waals surface area contributed by atoms with Gasteiger partial charge in [-0.25, -0.2) is 4.39 Å². The maximum Gasteiger partial charge on any atom is 0.193 e. The van der Waals surface area contributed by atoms with Crippen molar-refractivity contribution < 1.29 is 9.18 Å². The van der Waals surface area contributed by atoms with Crippen molar-refractivity contribution in [3.05, 3.63) is 62.8 Å². The Hall–Kier alpha value is -1.39. The summed E-state index contributed by atoms with van der Waals surface area (Å²) in [5, 5.41) is -0.00923. The lowest BCUT2D eigenvalue weighted by Gasteiger charge is -2.04. The molecule has 2 N–H and O–H groups in total. The number of hydrogen-bond acceptors (Lipinski definition) is 2. The highest BCUT2D eigenvalue weighted by Crippen LogP contribution is 2.23. The Bertz CT molecular complexity index is 577. The number of hydrogen-bond donors (Lipinski definition) is 1. The largest absolute Gasteiger partial charge is 0.398 e. The van der Waals surface area contributed by atoms with Crippen LogP contribution in [-0.4, -0.2) is 5.78 Å². The van der Waals surface area contributed by atoms with Gasteiger partial charge in [0.25, 0.3) is 0 Å². The first-order valence-corrected chi connectivity index (χ1v) is 6.21. The molecule has 2 aromatic rings. The minimum Gasteiger partial charge on any atom is -0.398 e. The van der Waals surface area contributed by atoms with Crippen molar-refractivity contribution in [3.63, 3.8) is 0 Å². The number of nitrogen functional groups attached to an aromatic ring is 1. The normalized spacial score (nSPS) is 10.4. The van der Waals surface area contributed by atoms with E-state index in [-0.39, 0.29) is 16.4 Å². The molecule has 2 rings (SSSR count). The molecule has 0 fully saturated rings. The van der Waals surface area contributed by atoms with Gasteiger partial charge in [0.05, 0.1) is 5.02 Å². The van der Waals surface area contributed by atoms with E-state index in [1.165, 1.54) is 12.1 Å². The quantitative estimate of drug-likeness (QED) is 0.667. The van der Waals surface area contributed by atoms with E-state index < -0.39 is 5.82 Å². The number of nitrogens with two attached hydrogens (primary N) is 1. The predicted octanol–water partition coefficient (Wildman–Crippen LogP) is 4.05. The van der Waals surface area contributed by atoms with Gasteiger partial charge in [-0.15, -0.1) is 0 Å². The molecule has 0 unspecified atom stereocenters. The number of carbonyl (C=O) groups is 1. The fourth-order valence-corrected chi connectivity index (χ4v) is 1.97. The van der Waals surface area contributed by atoms with Gasteiger partial charge >= 0.3 is 0 Å². The van der Waals surface area contributed by atoms with Gasteiger partial charge in [0.15, 0.2) is 5.78 Å². The molecule has 5 heteroatoms. The van der Waals surface area contributed by atoms with Gasteiger partial charge in [-0.3, -0.25) is 4.79 Å². The van der Waals surface area contributed by atoms with Crippen LogP contribution in [-0.2, 0) is 0 Å². The van der Waals surface area contributed by atoms with Crippen molar-refractivity contribution in [1.29, 1.82) is 0 Å². The summed E-state index contributed by atoms with van der Waals surface area (Å²) >= 11 is 8.81. The molecule has 0 aliphatic heterocycles. The van der Waals surface area contributed by atoms with Crippen LogP contribution < -0.4 is 5.73 Å². The first-order valence-electron chi connectivity index (χ1n) is 5.04. The summed E-state index contributed by atoms with van der Waals surface area (Å²) in [6, 6.07) is 8.77. The third kappa shape index (κ3) is 2.54. The van der Waals surface area contributed by atoms with E-state index in [0.717, 1.165) is 6.07 Å². The van der Waals surface area contributed by atoms with Gasteiger partial charge < -0.3 is 5.73 Å². The first-order chi connectivity index (χ1) is 8.49. The molecule has 0 aliphatic rings. The van der Waals surface area contributed by atoms with Gasteiger partial charge in [-0.1, -0.05) is 11.6 Å². The fraction of sp³-hybridized carbons (Fsp3) is 0. The molecule has 92 valence electrons. The average Bonchev–Trinajstić information content (AvgIpc) is 2.35. The second-order valence-corrected chi connectivity index (χ2v) is 4.96. The Kier molecular flexibility index (Phi) is 3.68. The van der Waals surface area contributed by atoms with E-state index in [1.54, 1.807) is 18.2 Å². The number of anilines is 1. The van der Waals surface area contributed by atoms with E-state index >= 15 is 0 Å². The standard InChI is InChI=1S/C13H8BrClFNO/c14-9-5-7(2-4-12(9)17)13(18)8-1-3-10(15)11(16)6-8/h1-6H,17H2. The van der Waals surface area contributed by atoms with Gasteiger partial charge in [-0.2, -0.15) is 0 Å². The lowest BCUT2D eigenvalue weighted by molar-refractivity contribution is 0.103. The van der Waals surface area contributed by atoms with Gasteiger partial charge in [0, 0.05) is 21.3 Å². The minimum absolute atomic E-state index is 0.00923. The molecular weight excluding hydrogens is 321 g/mol. The molecule has 0 aliphatic carbocycles. The van der Waals surface area contributed by atoms with E-state index in [2.05, 4.69) is 15.9 Å². The summed E-state index contributed by atoms with van der Waals surface area (Å²) in [6.07, 6.45) is 0. The zero-order valence-corrected chi connectivity index (χ0v) is 11.4. The zero-order valence-electron chi connectivity index (χ0n) is 9.08. The van der Waals surface area contributed by atoms with Crippen LogP contribution in [0.25, 0.3) is 0 Å². The molecule has 2 nitrogen and oxygen atoms in total. The van der Waals surface area contributed by atoms with Crippen LogP contribution in [0.3, 0.4) is 0 Å². The number of halogens is 3. The van der Waals surface area contributed by atoms with Gasteiger partial charge in [0.2, 0.25) is 0 Å². The highest BCUT2D eigenvalue weighted by atomic mass is 79.9. The molecule has 18 heavy (non-hydrogen) atoms. The number of benzene rings is 2. The zero-order chi connectivity index (χ0) is 13.3. The summed E-state index contributed by atoms with van der Waals surface area (Å²) in [6.45, 7) is 0. The third-order valence-corrected chi connectivity index (χ3v) is 3.44. The van der Waals surface area contributed by atoms with E-state index in [9.17, 15) is 9.18 Å². The molecule has 0 radical (unpaired) electrons. The molecule has 0 atom stereocenters. The lowest BCUT2D eigenvalue weighted by atomic mass is 10.0. The van der Waals surface area contributed by atoms with E-state index in [4.69, 9.17) is 17.3 Å². The van der Waals surface area contributed by atoms with Crippen molar-refractivity contribution >= 4 is 39.0 Å². The van der Waals surface area contributed by atoms with Crippen molar-refractivity contribution in [3.8, 4) is 0 Å². The Labute approximate surface area is 117 Å². The summed E-state index contributed by atoms with van der Waals surface area (Å²) < 4.78 is 13.9. The molecule has 0 spiro atoms. The molecule has 0 saturated heterocycles. The number of carbonyl (C=O) groups excluding carboxylic acids is 1. The molecule has 0 bridgehead atoms. The molecule has 2 aromatic carbocycles. The molecule has 0 heterocycles. The smallest absolute Gasteiger partial charge is 0.193 e. The van der Waals surface area contributed by atoms with Crippen LogP contribution in [0.1, 0.15) is 15.9 Å². The SMILES string of the molecule is Nc1ccc(C(=O)c2ccc(Cl)c(F)c2)cc1Br. The summed E-state index contributed by atoms with van der Waals surface area (Å²) in [5.41, 5.74) is 6.84. The monoisotopic (exact) mass is 327 g/mol. The van der Waals surface area contributed by atoms with Crippen molar-refractivity contribution in [2.75, 3.05) is 5.73 Å². The predicted molar refractivity (Wildman–Crippen MR) is 73.4 cm³/mol. The van der Waals surface area contributed by atoms with E-state index in [1.807, 2.05) is 0 Å². The Morgan fingerprint density at radius 1 is 1.17 bits per heavy atom. The summed E-state index contributed by atoms with van der Waals surface area (Å²) in [5.74, 6) is -0.900. The maximum atomic E-state index is 13.3. The van der Waals surface area contributed by atoms with Crippen molar-refractivity contribution in [2.24, 2.45) is 0 Å². The third-order valence-electron chi connectivity index (χ3n) is 2.44. The topological polar surface area (TPSA) is 43.1 Å². The van der Waals surface area contributed by atoms with Crippen molar-refractivity contribution in [2.45, 2.75) is 0 Å². The fourth-order valence-electron chi connectivity index (χ4n) is 1.47. The Morgan fingerprint density at radius 2 is 1.78 bits per heavy atom. The Balaban J connectivity index is 2.41. The van der Waals surface area contributed by atoms with Gasteiger partial charge in [-0.05, 0) is 52.3 Å². The van der Waals surface area contributed by atoms with Gasteiger partial charge in [0.1, 0.15) is 5.82 Å². The van der Waals surface area contributed by atoms with Crippen LogP contribution in [0, 0.1) is 5.82 Å². The molecule has 0 aromatic heterocycles. The minimum atomic E-state index is -0.614. The second-order valence-electron chi connectivity index (χ2n) is 3.69. The number of ketones is 1. The van der Waals surface area contributed by atoms with Crippen LogP contribution >= 0.6 is 27.5 Å². The lowest BCUT2D eigenvalue weighted by Crippen LogP contribution is -2.02. The van der Waals surface area contributed by atoms with Crippen LogP contribution in [0.5, 0.6) is 0 Å². The highest BCUT2D eigenvalue weighted by molar-refractivity contribution is 9.10. The Morgan fingerprint density at radius 3 is 2.39 bits per heavy atom. The van der Waals surface area contributed by atoms with Crippen LogP contribution in [0.15, 0.2) is 40.9 Å². The number of rotatable bonds is 2. The maximum absolute atomic E-state index is 13.3.